The van der Waals surface area contributed by atoms with Crippen molar-refractivity contribution in [2.24, 2.45) is 5.41 Å². The summed E-state index contributed by atoms with van der Waals surface area (Å²) < 4.78 is 30.1. The normalized spacial score (nSPS) is 12.6. The molecule has 0 aliphatic carbocycles. The van der Waals surface area contributed by atoms with Crippen LogP contribution in [-0.4, -0.2) is 85.0 Å². The Hall–Kier alpha value is -3.84. The van der Waals surface area contributed by atoms with Crippen LogP contribution in [0.15, 0.2) is 48.8 Å². The van der Waals surface area contributed by atoms with E-state index < -0.39 is 23.3 Å². The van der Waals surface area contributed by atoms with Gasteiger partial charge in [0.2, 0.25) is 5.91 Å². The maximum atomic E-state index is 13.6. The summed E-state index contributed by atoms with van der Waals surface area (Å²) in [5.41, 5.74) is 1.01. The minimum absolute atomic E-state index is 0.0279. The number of carboxylic acid groups (broad SMARTS) is 1. The van der Waals surface area contributed by atoms with Crippen LogP contribution in [0.4, 0.5) is 21.6 Å². The maximum absolute atomic E-state index is 13.6. The number of halogens is 2. The second kappa shape index (κ2) is 15.6. The van der Waals surface area contributed by atoms with Crippen molar-refractivity contribution in [3.63, 3.8) is 0 Å². The van der Waals surface area contributed by atoms with E-state index in [2.05, 4.69) is 20.6 Å². The highest BCUT2D eigenvalue weighted by Crippen LogP contribution is 2.33. The topological polar surface area (TPSA) is 135 Å². The van der Waals surface area contributed by atoms with Gasteiger partial charge < -0.3 is 34.9 Å². The van der Waals surface area contributed by atoms with Gasteiger partial charge in [-0.1, -0.05) is 38.4 Å². The molecule has 1 heterocycles. The Morgan fingerprint density at radius 2 is 1.93 bits per heavy atom. The highest BCUT2D eigenvalue weighted by Gasteiger charge is 2.31. The number of hydrogen-bond acceptors (Lipinski definition) is 9. The summed E-state index contributed by atoms with van der Waals surface area (Å²) in [5, 5.41) is 15.8. The molecular weight excluding hydrogens is 581 g/mol. The molecule has 0 spiro atoms. The quantitative estimate of drug-likeness (QED) is 0.155. The first-order valence-corrected chi connectivity index (χ1v) is 13.9. The molecule has 0 fully saturated rings. The van der Waals surface area contributed by atoms with Gasteiger partial charge >= 0.3 is 5.97 Å². The van der Waals surface area contributed by atoms with Crippen LogP contribution in [0.25, 0.3) is 10.9 Å². The minimum Gasteiger partial charge on any atom is -0.494 e. The van der Waals surface area contributed by atoms with Gasteiger partial charge in [-0.3, -0.25) is 4.79 Å². The third-order valence-corrected chi connectivity index (χ3v) is 6.51. The number of ether oxygens (including phenoxy) is 3. The van der Waals surface area contributed by atoms with Crippen molar-refractivity contribution < 1.29 is 33.3 Å². The lowest BCUT2D eigenvalue weighted by molar-refractivity contribution is -0.159. The Labute approximate surface area is 255 Å². The Bertz CT molecular complexity index is 1450. The lowest BCUT2D eigenvalue weighted by Crippen LogP contribution is -2.37. The number of carboxylic acids is 1. The number of aliphatic carboxylic acids is 1. The van der Waals surface area contributed by atoms with E-state index in [4.69, 9.17) is 25.8 Å². The fourth-order valence-electron chi connectivity index (χ4n) is 4.01. The molecule has 3 rings (SSSR count). The van der Waals surface area contributed by atoms with Crippen LogP contribution in [0.5, 0.6) is 5.75 Å². The first-order valence-electron chi connectivity index (χ1n) is 13.5. The Morgan fingerprint density at radius 3 is 2.60 bits per heavy atom. The SMILES string of the molecule is COc1cc2ncnc(Nc3ccc(F)c(Cl)c3)c2cc1NC(=O)/C=C/CN(C)CCOCCOC(C(=O)O)C(C)(C)C. The Kier molecular flexibility index (Phi) is 12.2. The van der Waals surface area contributed by atoms with E-state index in [1.54, 1.807) is 18.2 Å². The fraction of sp³-hybridized carbons (Fsp3) is 0.400. The van der Waals surface area contributed by atoms with E-state index >= 15 is 0 Å². The van der Waals surface area contributed by atoms with Crippen LogP contribution in [0.2, 0.25) is 5.02 Å². The molecule has 1 unspecified atom stereocenters. The second-order valence-electron chi connectivity index (χ2n) is 10.8. The van der Waals surface area contributed by atoms with Crippen molar-refractivity contribution in [2.45, 2.75) is 26.9 Å². The molecule has 1 amide bonds. The highest BCUT2D eigenvalue weighted by atomic mass is 35.5. The van der Waals surface area contributed by atoms with E-state index in [1.165, 1.54) is 37.7 Å². The zero-order valence-electron chi connectivity index (χ0n) is 24.8. The third-order valence-electron chi connectivity index (χ3n) is 6.22. The second-order valence-corrected chi connectivity index (χ2v) is 11.2. The molecule has 3 N–H and O–H groups in total. The molecule has 232 valence electrons. The van der Waals surface area contributed by atoms with Gasteiger partial charge in [0, 0.05) is 36.3 Å². The van der Waals surface area contributed by atoms with Crippen LogP contribution in [0, 0.1) is 11.2 Å². The molecule has 0 saturated heterocycles. The Morgan fingerprint density at radius 1 is 1.16 bits per heavy atom. The molecule has 0 aliphatic rings. The van der Waals surface area contributed by atoms with Crippen LogP contribution < -0.4 is 15.4 Å². The van der Waals surface area contributed by atoms with E-state index in [-0.39, 0.29) is 24.1 Å². The molecule has 3 aromatic rings. The largest absolute Gasteiger partial charge is 0.494 e. The molecular formula is C30H37ClFN5O6. The summed E-state index contributed by atoms with van der Waals surface area (Å²) in [7, 11) is 3.38. The maximum Gasteiger partial charge on any atom is 0.333 e. The molecule has 0 saturated carbocycles. The van der Waals surface area contributed by atoms with Crippen molar-refractivity contribution in [1.29, 1.82) is 0 Å². The number of aromatic nitrogens is 2. The van der Waals surface area contributed by atoms with Crippen molar-refractivity contribution in [1.82, 2.24) is 14.9 Å². The molecule has 1 aromatic heterocycles. The van der Waals surface area contributed by atoms with E-state index in [0.717, 1.165) is 0 Å². The van der Waals surface area contributed by atoms with Crippen molar-refractivity contribution in [3.05, 3.63) is 59.7 Å². The van der Waals surface area contributed by atoms with Crippen LogP contribution in [-0.2, 0) is 19.1 Å². The fourth-order valence-corrected chi connectivity index (χ4v) is 4.19. The number of fused-ring (bicyclic) bond motifs is 1. The van der Waals surface area contributed by atoms with Gasteiger partial charge in [-0.25, -0.2) is 19.2 Å². The van der Waals surface area contributed by atoms with Gasteiger partial charge in [-0.2, -0.15) is 0 Å². The number of amides is 1. The van der Waals surface area contributed by atoms with Crippen molar-refractivity contribution in [2.75, 3.05) is 57.7 Å². The van der Waals surface area contributed by atoms with Gasteiger partial charge in [-0.05, 0) is 36.7 Å². The average molecular weight is 618 g/mol. The molecule has 0 aliphatic heterocycles. The first kappa shape index (κ1) is 33.7. The predicted octanol–water partition coefficient (Wildman–Crippen LogP) is 5.13. The summed E-state index contributed by atoms with van der Waals surface area (Å²) in [4.78, 5) is 34.6. The summed E-state index contributed by atoms with van der Waals surface area (Å²) in [6, 6.07) is 7.61. The number of nitrogens with one attached hydrogen (secondary N) is 2. The lowest BCUT2D eigenvalue weighted by Gasteiger charge is -2.26. The van der Waals surface area contributed by atoms with Gasteiger partial charge in [0.25, 0.3) is 0 Å². The van der Waals surface area contributed by atoms with Crippen molar-refractivity contribution in [3.8, 4) is 5.75 Å². The summed E-state index contributed by atoms with van der Waals surface area (Å²) >= 11 is 5.91. The highest BCUT2D eigenvalue weighted by molar-refractivity contribution is 6.31. The molecule has 0 bridgehead atoms. The zero-order chi connectivity index (χ0) is 31.6. The van der Waals surface area contributed by atoms with Crippen LogP contribution >= 0.6 is 11.6 Å². The summed E-state index contributed by atoms with van der Waals surface area (Å²) in [6.07, 6.45) is 3.63. The summed E-state index contributed by atoms with van der Waals surface area (Å²) in [5.74, 6) is -1.03. The first-order chi connectivity index (χ1) is 20.4. The number of methoxy groups -OCH3 is 1. The zero-order valence-corrected chi connectivity index (χ0v) is 25.6. The molecule has 13 heteroatoms. The smallest absolute Gasteiger partial charge is 0.333 e. The van der Waals surface area contributed by atoms with Crippen molar-refractivity contribution >= 4 is 51.6 Å². The van der Waals surface area contributed by atoms with Crippen LogP contribution in [0.1, 0.15) is 20.8 Å². The van der Waals surface area contributed by atoms with Gasteiger partial charge in [-0.15, -0.1) is 0 Å². The molecule has 43 heavy (non-hydrogen) atoms. The van der Waals surface area contributed by atoms with E-state index in [9.17, 15) is 19.1 Å². The molecule has 0 radical (unpaired) electrons. The van der Waals surface area contributed by atoms with E-state index in [1.807, 2.05) is 32.7 Å². The Balaban J connectivity index is 1.52. The lowest BCUT2D eigenvalue weighted by atomic mass is 9.89. The minimum atomic E-state index is -0.995. The number of carbonyl (C=O) groups excluding carboxylic acids is 1. The van der Waals surface area contributed by atoms with Gasteiger partial charge in [0.05, 0.1) is 43.2 Å². The summed E-state index contributed by atoms with van der Waals surface area (Å²) in [6.45, 7) is 7.40. The number of carbonyl (C=O) groups is 2. The number of benzene rings is 2. The molecule has 1 atom stereocenters. The van der Waals surface area contributed by atoms with Gasteiger partial charge in [0.1, 0.15) is 23.7 Å². The third kappa shape index (κ3) is 10.1. The number of anilines is 3. The predicted molar refractivity (Wildman–Crippen MR) is 164 cm³/mol. The number of rotatable bonds is 15. The van der Waals surface area contributed by atoms with E-state index in [0.29, 0.717) is 53.5 Å². The monoisotopic (exact) mass is 617 g/mol. The van der Waals surface area contributed by atoms with Gasteiger partial charge in [0.15, 0.2) is 6.10 Å². The number of nitrogens with zero attached hydrogens (tertiary/aromatic N) is 3. The molecule has 2 aromatic carbocycles. The number of hydrogen-bond donors (Lipinski definition) is 3. The standard InChI is InChI=1S/C30H37ClFN5O6/c1-30(2,3)27(29(39)40)43-14-13-42-12-11-37(4)10-6-7-26(38)36-24-16-20-23(17-25(24)41-5)33-18-34-28(20)35-19-8-9-22(32)21(31)15-19/h6-9,15-18,27H,10-14H2,1-5H3,(H,36,38)(H,39,40)(H,33,34,35)/b7-6+. The van der Waals surface area contributed by atoms with Crippen LogP contribution in [0.3, 0.4) is 0 Å². The molecule has 11 nitrogen and oxygen atoms in total. The number of likely N-dealkylation sites (N-methyl/N-ethyl adjacent to an activating group) is 1. The average Bonchev–Trinajstić information content (AvgIpc) is 2.93.